The van der Waals surface area contributed by atoms with E-state index in [4.69, 9.17) is 0 Å². The van der Waals surface area contributed by atoms with Gasteiger partial charge in [-0.15, -0.1) is 0 Å². The lowest BCUT2D eigenvalue weighted by Gasteiger charge is -2.33. The molecular weight excluding hydrogens is 279 g/mol. The molecule has 0 bridgehead atoms. The number of nitrogens with zero attached hydrogens (tertiary/aromatic N) is 2. The van der Waals surface area contributed by atoms with Gasteiger partial charge in [-0.1, -0.05) is 12.5 Å². The maximum Gasteiger partial charge on any atom is 0.123 e. The molecule has 0 aliphatic heterocycles. The molecule has 2 aliphatic carbocycles. The Kier molecular flexibility index (Phi) is 2.83. The molecule has 0 spiro atoms. The minimum Gasteiger partial charge on any atom is -0.303 e. The van der Waals surface area contributed by atoms with Crippen molar-refractivity contribution in [1.82, 2.24) is 9.78 Å². The first-order valence-corrected chi connectivity index (χ1v) is 7.61. The Hall–Kier alpha value is -2.23. The van der Waals surface area contributed by atoms with Crippen LogP contribution < -0.4 is 0 Å². The van der Waals surface area contributed by atoms with Gasteiger partial charge in [0, 0.05) is 11.3 Å². The molecule has 3 nitrogen and oxygen atoms in total. The Morgan fingerprint density at radius 1 is 1.36 bits per heavy atom. The highest BCUT2D eigenvalue weighted by Crippen LogP contribution is 2.52. The van der Waals surface area contributed by atoms with E-state index < -0.39 is 0 Å². The average Bonchev–Trinajstić information content (AvgIpc) is 3.05. The van der Waals surface area contributed by atoms with Crippen LogP contribution in [0, 0.1) is 17.2 Å². The minimum absolute atomic E-state index is 0.0641. The average molecular weight is 296 g/mol. The largest absolute Gasteiger partial charge is 0.303 e. The van der Waals surface area contributed by atoms with Gasteiger partial charge in [0.1, 0.15) is 12.1 Å². The van der Waals surface area contributed by atoms with E-state index >= 15 is 0 Å². The molecule has 4 heteroatoms. The molecule has 2 atom stereocenters. The lowest BCUT2D eigenvalue weighted by Crippen LogP contribution is -2.29. The molecule has 2 aliphatic rings. The molecule has 0 radical (unpaired) electrons. The number of hydrogen-bond acceptors (Lipinski definition) is 2. The van der Waals surface area contributed by atoms with Crippen LogP contribution in [-0.4, -0.2) is 16.1 Å². The molecule has 0 N–H and O–H groups in total. The van der Waals surface area contributed by atoms with Crippen LogP contribution in [0.5, 0.6) is 0 Å². The fraction of sp³-hybridized carbons (Fsp3) is 0.333. The van der Waals surface area contributed by atoms with E-state index in [9.17, 15) is 9.18 Å². The van der Waals surface area contributed by atoms with Crippen LogP contribution in [-0.2, 0) is 11.2 Å². The number of halogens is 1. The van der Waals surface area contributed by atoms with Crippen LogP contribution in [0.2, 0.25) is 0 Å². The first kappa shape index (κ1) is 13.4. The predicted molar refractivity (Wildman–Crippen MR) is 82.1 cm³/mol. The number of fused-ring (bicyclic) bond motifs is 2. The Morgan fingerprint density at radius 3 is 2.86 bits per heavy atom. The van der Waals surface area contributed by atoms with Crippen LogP contribution in [0.1, 0.15) is 31.0 Å². The zero-order valence-electron chi connectivity index (χ0n) is 12.4. The fourth-order valence-electron chi connectivity index (χ4n) is 3.88. The van der Waals surface area contributed by atoms with Gasteiger partial charge >= 0.3 is 0 Å². The van der Waals surface area contributed by atoms with Gasteiger partial charge in [0.15, 0.2) is 0 Å². The van der Waals surface area contributed by atoms with E-state index in [2.05, 4.69) is 18.1 Å². The summed E-state index contributed by atoms with van der Waals surface area (Å²) in [5.74, 6) is -0.151. The van der Waals surface area contributed by atoms with Gasteiger partial charge in [0.2, 0.25) is 0 Å². The third-order valence-electron chi connectivity index (χ3n) is 5.27. The summed E-state index contributed by atoms with van der Waals surface area (Å²) in [4.78, 5) is 11.4. The molecule has 0 amide bonds. The number of carbonyl (C=O) groups is 1. The van der Waals surface area contributed by atoms with E-state index in [1.165, 1.54) is 17.7 Å². The molecule has 1 fully saturated rings. The highest BCUT2D eigenvalue weighted by Gasteiger charge is 2.45. The summed E-state index contributed by atoms with van der Waals surface area (Å²) in [5.41, 5.74) is 4.34. The summed E-state index contributed by atoms with van der Waals surface area (Å²) < 4.78 is 15.0. The van der Waals surface area contributed by atoms with Crippen molar-refractivity contribution < 1.29 is 9.18 Å². The molecule has 112 valence electrons. The number of carbonyl (C=O) groups excluding carboxylic acids is 1. The van der Waals surface area contributed by atoms with E-state index in [0.29, 0.717) is 0 Å². The second-order valence-electron chi connectivity index (χ2n) is 6.49. The van der Waals surface area contributed by atoms with Crippen molar-refractivity contribution in [3.8, 4) is 5.69 Å². The second kappa shape index (κ2) is 4.63. The van der Waals surface area contributed by atoms with Gasteiger partial charge in [0.25, 0.3) is 0 Å². The molecular formula is C18H17FN2O. The summed E-state index contributed by atoms with van der Waals surface area (Å²) in [6.07, 6.45) is 7.90. The highest BCUT2D eigenvalue weighted by atomic mass is 19.1. The Morgan fingerprint density at radius 2 is 2.14 bits per heavy atom. The Balaban J connectivity index is 1.80. The zero-order valence-corrected chi connectivity index (χ0v) is 12.4. The van der Waals surface area contributed by atoms with E-state index in [-0.39, 0.29) is 17.2 Å². The van der Waals surface area contributed by atoms with Gasteiger partial charge in [0.05, 0.1) is 17.6 Å². The quantitative estimate of drug-likeness (QED) is 0.794. The molecule has 1 aromatic carbocycles. The third-order valence-corrected chi connectivity index (χ3v) is 5.27. The number of hydrogen-bond donors (Lipinski definition) is 0. The van der Waals surface area contributed by atoms with Crippen molar-refractivity contribution in [3.05, 3.63) is 53.1 Å². The number of aldehydes is 1. The molecule has 1 saturated carbocycles. The molecule has 2 aromatic rings. The first-order chi connectivity index (χ1) is 10.6. The third kappa shape index (κ3) is 1.79. The number of aromatic nitrogens is 2. The van der Waals surface area contributed by atoms with Crippen LogP contribution in [0.3, 0.4) is 0 Å². The van der Waals surface area contributed by atoms with Gasteiger partial charge < -0.3 is 4.79 Å². The Labute approximate surface area is 128 Å². The summed E-state index contributed by atoms with van der Waals surface area (Å²) in [7, 11) is 0. The standard InChI is InChI=1S/C18H17FN2O/c1-18-9-12-10-20-21(16-6-4-15(19)5-7-16)17(12)8-13(18)2-3-14(18)11-22/h4-8,10-11,14H,2-3,9H2,1H3/t14-,18?/m1/s1. The van der Waals surface area contributed by atoms with Crippen molar-refractivity contribution in [2.45, 2.75) is 26.2 Å². The summed E-state index contributed by atoms with van der Waals surface area (Å²) in [6.45, 7) is 2.18. The normalized spacial score (nSPS) is 26.3. The van der Waals surface area contributed by atoms with Crippen LogP contribution in [0.25, 0.3) is 11.8 Å². The fourth-order valence-corrected chi connectivity index (χ4v) is 3.88. The number of rotatable bonds is 2. The maximum absolute atomic E-state index is 13.1. The van der Waals surface area contributed by atoms with Crippen molar-refractivity contribution in [1.29, 1.82) is 0 Å². The number of allylic oxidation sites excluding steroid dienone is 1. The summed E-state index contributed by atoms with van der Waals surface area (Å²) >= 11 is 0. The van der Waals surface area contributed by atoms with Crippen LogP contribution in [0.15, 0.2) is 36.0 Å². The van der Waals surface area contributed by atoms with Crippen molar-refractivity contribution in [3.63, 3.8) is 0 Å². The topological polar surface area (TPSA) is 34.9 Å². The second-order valence-corrected chi connectivity index (χ2v) is 6.49. The van der Waals surface area contributed by atoms with Crippen LogP contribution >= 0.6 is 0 Å². The number of benzene rings is 1. The van der Waals surface area contributed by atoms with Crippen molar-refractivity contribution in [2.75, 3.05) is 0 Å². The smallest absolute Gasteiger partial charge is 0.123 e. The summed E-state index contributed by atoms with van der Waals surface area (Å²) in [6, 6.07) is 6.36. The molecule has 4 rings (SSSR count). The molecule has 1 aromatic heterocycles. The summed E-state index contributed by atoms with van der Waals surface area (Å²) in [5, 5.41) is 4.47. The van der Waals surface area contributed by atoms with Gasteiger partial charge in [-0.2, -0.15) is 5.10 Å². The van der Waals surface area contributed by atoms with E-state index in [0.717, 1.165) is 42.5 Å². The highest BCUT2D eigenvalue weighted by molar-refractivity contribution is 5.67. The van der Waals surface area contributed by atoms with E-state index in [1.54, 1.807) is 12.1 Å². The molecule has 1 unspecified atom stereocenters. The van der Waals surface area contributed by atoms with E-state index in [1.807, 2.05) is 10.9 Å². The van der Waals surface area contributed by atoms with Gasteiger partial charge in [-0.3, -0.25) is 0 Å². The van der Waals surface area contributed by atoms with Crippen LogP contribution in [0.4, 0.5) is 4.39 Å². The lowest BCUT2D eigenvalue weighted by atomic mass is 9.70. The predicted octanol–water partition coefficient (Wildman–Crippen LogP) is 3.57. The lowest BCUT2D eigenvalue weighted by molar-refractivity contribution is -0.113. The molecule has 1 heterocycles. The maximum atomic E-state index is 13.1. The molecule has 0 saturated heterocycles. The van der Waals surface area contributed by atoms with Gasteiger partial charge in [-0.25, -0.2) is 9.07 Å². The molecule has 22 heavy (non-hydrogen) atoms. The monoisotopic (exact) mass is 296 g/mol. The minimum atomic E-state index is -0.250. The van der Waals surface area contributed by atoms with Gasteiger partial charge in [-0.05, 0) is 55.2 Å². The zero-order chi connectivity index (χ0) is 15.3. The first-order valence-electron chi connectivity index (χ1n) is 7.61. The SMILES string of the molecule is CC12Cc3cnn(-c4ccc(F)cc4)c3C=C1CC[C@@H]2C=O. The van der Waals surface area contributed by atoms with Crippen molar-refractivity contribution >= 4 is 12.4 Å². The van der Waals surface area contributed by atoms with Crippen molar-refractivity contribution in [2.24, 2.45) is 11.3 Å². The Bertz CT molecular complexity index is 775.